The van der Waals surface area contributed by atoms with Crippen LogP contribution in [0.4, 0.5) is 10.1 Å². The van der Waals surface area contributed by atoms with Crippen molar-refractivity contribution in [3.8, 4) is 11.8 Å². The number of nitro groups is 1. The largest absolute Gasteiger partial charge is 0.493 e. The smallest absolute Gasteiger partial charge is 0.305 e. The van der Waals surface area contributed by atoms with Crippen molar-refractivity contribution in [2.75, 3.05) is 13.7 Å². The summed E-state index contributed by atoms with van der Waals surface area (Å²) in [6, 6.07) is 5.56. The van der Waals surface area contributed by atoms with Crippen molar-refractivity contribution < 1.29 is 14.1 Å². The zero-order valence-electron chi connectivity index (χ0n) is 11.4. The minimum absolute atomic E-state index is 0.233. The molecule has 1 atom stereocenters. The van der Waals surface area contributed by atoms with Gasteiger partial charge in [-0.2, -0.15) is 9.65 Å². The van der Waals surface area contributed by atoms with E-state index >= 15 is 0 Å². The number of hydrogen-bond acceptors (Lipinski definition) is 5. The van der Waals surface area contributed by atoms with Crippen LogP contribution in [0.5, 0.6) is 5.75 Å². The normalized spacial score (nSPS) is 13.3. The highest BCUT2D eigenvalue weighted by Gasteiger charge is 2.20. The second-order valence-corrected chi connectivity index (χ2v) is 4.52. The van der Waals surface area contributed by atoms with Crippen LogP contribution in [0, 0.1) is 27.3 Å². The van der Waals surface area contributed by atoms with Crippen LogP contribution in [-0.4, -0.2) is 24.1 Å². The van der Waals surface area contributed by atoms with Crippen molar-refractivity contribution in [1.29, 1.82) is 5.26 Å². The van der Waals surface area contributed by atoms with Crippen LogP contribution < -0.4 is 10.1 Å². The summed E-state index contributed by atoms with van der Waals surface area (Å²) >= 11 is 0. The first-order valence-electron chi connectivity index (χ1n) is 6.09. The van der Waals surface area contributed by atoms with Gasteiger partial charge in [0, 0.05) is 12.1 Å². The fourth-order valence-electron chi connectivity index (χ4n) is 1.58. The number of benzene rings is 1. The molecule has 0 spiro atoms. The van der Waals surface area contributed by atoms with E-state index in [1.807, 2.05) is 0 Å². The van der Waals surface area contributed by atoms with Gasteiger partial charge in [0.15, 0.2) is 0 Å². The molecule has 1 N–H and O–H groups in total. The van der Waals surface area contributed by atoms with Crippen molar-refractivity contribution in [2.24, 2.45) is 0 Å². The van der Waals surface area contributed by atoms with E-state index < -0.39 is 22.0 Å². The number of nitrogens with zero attached hydrogens (tertiary/aromatic N) is 2. The summed E-state index contributed by atoms with van der Waals surface area (Å²) in [7, 11) is 1.70. The predicted molar refractivity (Wildman–Crippen MR) is 70.9 cm³/mol. The Morgan fingerprint density at radius 3 is 2.80 bits per heavy atom. The number of halogens is 1. The summed E-state index contributed by atoms with van der Waals surface area (Å²) in [5.41, 5.74) is -1.20. The molecule has 6 nitrogen and oxygen atoms in total. The monoisotopic (exact) mass is 281 g/mol. The third-order valence-electron chi connectivity index (χ3n) is 3.00. The van der Waals surface area contributed by atoms with Crippen LogP contribution in [0.2, 0.25) is 0 Å². The zero-order valence-corrected chi connectivity index (χ0v) is 11.4. The Hall–Kier alpha value is -2.20. The first-order valence-corrected chi connectivity index (χ1v) is 6.09. The second kappa shape index (κ2) is 6.82. The number of nitriles is 1. The summed E-state index contributed by atoms with van der Waals surface area (Å²) in [6.07, 6.45) is 1.18. The summed E-state index contributed by atoms with van der Waals surface area (Å²) in [6.45, 7) is 2.08. The first kappa shape index (κ1) is 15.9. The van der Waals surface area contributed by atoms with Gasteiger partial charge < -0.3 is 10.1 Å². The number of rotatable bonds is 7. The lowest BCUT2D eigenvalue weighted by molar-refractivity contribution is -0.387. The van der Waals surface area contributed by atoms with E-state index in [1.165, 1.54) is 6.07 Å². The summed E-state index contributed by atoms with van der Waals surface area (Å²) in [5, 5.41) is 22.3. The maximum atomic E-state index is 13.3. The van der Waals surface area contributed by atoms with Crippen LogP contribution in [0.3, 0.4) is 0 Å². The summed E-state index contributed by atoms with van der Waals surface area (Å²) in [4.78, 5) is 9.67. The molecule has 0 saturated heterocycles. The van der Waals surface area contributed by atoms with Crippen molar-refractivity contribution in [1.82, 2.24) is 5.32 Å². The molecule has 1 aromatic carbocycles. The molecule has 0 radical (unpaired) electrons. The lowest BCUT2D eigenvalue weighted by atomic mass is 9.98. The molecule has 1 aromatic rings. The molecule has 0 aliphatic carbocycles. The predicted octanol–water partition coefficient (Wildman–Crippen LogP) is 2.39. The average molecular weight is 281 g/mol. The van der Waals surface area contributed by atoms with Crippen molar-refractivity contribution in [3.05, 3.63) is 34.1 Å². The molecule has 0 aliphatic rings. The van der Waals surface area contributed by atoms with Gasteiger partial charge in [-0.15, -0.1) is 0 Å². The fourth-order valence-corrected chi connectivity index (χ4v) is 1.58. The quantitative estimate of drug-likeness (QED) is 0.471. The van der Waals surface area contributed by atoms with Gasteiger partial charge in [0.05, 0.1) is 17.6 Å². The molecule has 0 bridgehead atoms. The van der Waals surface area contributed by atoms with Gasteiger partial charge in [-0.1, -0.05) is 0 Å². The average Bonchev–Trinajstić information content (AvgIpc) is 2.43. The zero-order chi connectivity index (χ0) is 15.2. The molecular weight excluding hydrogens is 265 g/mol. The van der Waals surface area contributed by atoms with Crippen LogP contribution in [0.15, 0.2) is 18.2 Å². The molecule has 0 aromatic heterocycles. The SMILES string of the molecule is CNC(C)(C#N)CCCOc1ccc([N+](=O)[O-])c(F)c1. The van der Waals surface area contributed by atoms with Crippen LogP contribution >= 0.6 is 0 Å². The number of nitrogens with one attached hydrogen (secondary N) is 1. The lowest BCUT2D eigenvalue weighted by Crippen LogP contribution is -2.38. The highest BCUT2D eigenvalue weighted by atomic mass is 19.1. The van der Waals surface area contributed by atoms with Crippen molar-refractivity contribution in [2.45, 2.75) is 25.3 Å². The Labute approximate surface area is 116 Å². The molecular formula is C13H16FN3O3. The standard InChI is InChI=1S/C13H16FN3O3/c1-13(9-15,16-2)6-3-7-20-10-4-5-12(17(18)19)11(14)8-10/h4-5,8,16H,3,6-7H2,1-2H3. The van der Waals surface area contributed by atoms with Crippen LogP contribution in [0.1, 0.15) is 19.8 Å². The molecule has 0 aliphatic heterocycles. The number of ether oxygens (including phenoxy) is 1. The van der Waals surface area contributed by atoms with Gasteiger partial charge >= 0.3 is 5.69 Å². The maximum Gasteiger partial charge on any atom is 0.305 e. The molecule has 20 heavy (non-hydrogen) atoms. The molecule has 108 valence electrons. The lowest BCUT2D eigenvalue weighted by Gasteiger charge is -2.20. The van der Waals surface area contributed by atoms with Crippen LogP contribution in [0.25, 0.3) is 0 Å². The van der Waals surface area contributed by atoms with E-state index in [2.05, 4.69) is 11.4 Å². The van der Waals surface area contributed by atoms with E-state index in [9.17, 15) is 14.5 Å². The first-order chi connectivity index (χ1) is 9.41. The summed E-state index contributed by atoms with van der Waals surface area (Å²) < 4.78 is 18.6. The topological polar surface area (TPSA) is 88.2 Å². The molecule has 0 fully saturated rings. The minimum atomic E-state index is -0.926. The highest BCUT2D eigenvalue weighted by molar-refractivity contribution is 5.37. The van der Waals surface area contributed by atoms with Gasteiger partial charge in [-0.25, -0.2) is 0 Å². The Morgan fingerprint density at radius 2 is 2.30 bits per heavy atom. The highest BCUT2D eigenvalue weighted by Crippen LogP contribution is 2.22. The van der Waals surface area contributed by atoms with E-state index in [4.69, 9.17) is 10.00 Å². The van der Waals surface area contributed by atoms with Gasteiger partial charge in [0.1, 0.15) is 11.3 Å². The number of nitro benzene ring substituents is 1. The third kappa shape index (κ3) is 4.17. The van der Waals surface area contributed by atoms with E-state index in [0.29, 0.717) is 19.4 Å². The molecule has 7 heteroatoms. The van der Waals surface area contributed by atoms with Gasteiger partial charge in [0.2, 0.25) is 5.82 Å². The van der Waals surface area contributed by atoms with Crippen molar-refractivity contribution >= 4 is 5.69 Å². The van der Waals surface area contributed by atoms with Crippen LogP contribution in [-0.2, 0) is 0 Å². The molecule has 0 heterocycles. The molecule has 0 amide bonds. The number of hydrogen-bond donors (Lipinski definition) is 1. The van der Waals surface area contributed by atoms with Gasteiger partial charge in [-0.3, -0.25) is 10.1 Å². The van der Waals surface area contributed by atoms with E-state index in [0.717, 1.165) is 12.1 Å². The third-order valence-corrected chi connectivity index (χ3v) is 3.00. The molecule has 1 rings (SSSR count). The Balaban J connectivity index is 2.50. The van der Waals surface area contributed by atoms with Gasteiger partial charge in [0.25, 0.3) is 0 Å². The second-order valence-electron chi connectivity index (χ2n) is 4.52. The summed E-state index contributed by atoms with van der Waals surface area (Å²) in [5.74, 6) is -0.694. The minimum Gasteiger partial charge on any atom is -0.493 e. The van der Waals surface area contributed by atoms with E-state index in [1.54, 1.807) is 14.0 Å². The van der Waals surface area contributed by atoms with Crippen molar-refractivity contribution in [3.63, 3.8) is 0 Å². The van der Waals surface area contributed by atoms with E-state index in [-0.39, 0.29) is 5.75 Å². The van der Waals surface area contributed by atoms with Gasteiger partial charge in [-0.05, 0) is 32.9 Å². The maximum absolute atomic E-state index is 13.3. The fraction of sp³-hybridized carbons (Fsp3) is 0.462. The Kier molecular flexibility index (Phi) is 5.41. The Bertz CT molecular complexity index is 530. The molecule has 0 saturated carbocycles. The Morgan fingerprint density at radius 1 is 1.60 bits per heavy atom. The molecule has 1 unspecified atom stereocenters.